The Balaban J connectivity index is 2.03. The molecule has 0 amide bonds. The molecular weight excluding hydrogens is 236 g/mol. The number of rotatable bonds is 5. The molecule has 1 aliphatic rings. The maximum absolute atomic E-state index is 5.68. The molecule has 0 saturated carbocycles. The molecule has 1 atom stereocenters. The maximum atomic E-state index is 5.68. The number of nitrogens with two attached hydrogens (primary N) is 1. The van der Waals surface area contributed by atoms with Gasteiger partial charge < -0.3 is 10.6 Å². The molecule has 2 N–H and O–H groups in total. The molecule has 0 spiro atoms. The van der Waals surface area contributed by atoms with Crippen LogP contribution >= 0.6 is 0 Å². The van der Waals surface area contributed by atoms with Crippen LogP contribution in [0.5, 0.6) is 0 Å². The molecule has 2 heterocycles. The SMILES string of the molecule is CCN1CCCC1CN(C)c1ccc(CN)c(C)n1. The lowest BCUT2D eigenvalue weighted by Gasteiger charge is -2.28. The Morgan fingerprint density at radius 3 is 2.89 bits per heavy atom. The Kier molecular flexibility index (Phi) is 4.77. The van der Waals surface area contributed by atoms with E-state index in [2.05, 4.69) is 40.9 Å². The largest absolute Gasteiger partial charge is 0.358 e. The Morgan fingerprint density at radius 1 is 1.47 bits per heavy atom. The first-order valence-electron chi connectivity index (χ1n) is 7.27. The summed E-state index contributed by atoms with van der Waals surface area (Å²) in [5.74, 6) is 1.05. The molecule has 1 aromatic heterocycles. The van der Waals surface area contributed by atoms with Crippen LogP contribution in [-0.4, -0.2) is 42.6 Å². The van der Waals surface area contributed by atoms with Crippen LogP contribution < -0.4 is 10.6 Å². The Labute approximate surface area is 116 Å². The van der Waals surface area contributed by atoms with E-state index < -0.39 is 0 Å². The molecule has 1 unspecified atom stereocenters. The van der Waals surface area contributed by atoms with E-state index in [-0.39, 0.29) is 0 Å². The lowest BCUT2D eigenvalue weighted by atomic mass is 10.2. The van der Waals surface area contributed by atoms with Gasteiger partial charge in [0.25, 0.3) is 0 Å². The molecule has 1 saturated heterocycles. The van der Waals surface area contributed by atoms with Crippen molar-refractivity contribution >= 4 is 5.82 Å². The zero-order valence-corrected chi connectivity index (χ0v) is 12.4. The molecule has 106 valence electrons. The topological polar surface area (TPSA) is 45.4 Å². The second-order valence-electron chi connectivity index (χ2n) is 5.42. The number of nitrogens with zero attached hydrogens (tertiary/aromatic N) is 3. The van der Waals surface area contributed by atoms with Crippen LogP contribution in [0.2, 0.25) is 0 Å². The highest BCUT2D eigenvalue weighted by Gasteiger charge is 2.24. The van der Waals surface area contributed by atoms with Crippen molar-refractivity contribution in [3.05, 3.63) is 23.4 Å². The van der Waals surface area contributed by atoms with Gasteiger partial charge in [0.2, 0.25) is 0 Å². The fourth-order valence-electron chi connectivity index (χ4n) is 2.93. The fourth-order valence-corrected chi connectivity index (χ4v) is 2.93. The number of anilines is 1. The summed E-state index contributed by atoms with van der Waals surface area (Å²) in [4.78, 5) is 9.50. The predicted molar refractivity (Wildman–Crippen MR) is 80.4 cm³/mol. The molecule has 4 nitrogen and oxygen atoms in total. The fraction of sp³-hybridized carbons (Fsp3) is 0.667. The van der Waals surface area contributed by atoms with E-state index in [0.29, 0.717) is 12.6 Å². The molecule has 19 heavy (non-hydrogen) atoms. The first-order valence-corrected chi connectivity index (χ1v) is 7.27. The van der Waals surface area contributed by atoms with Gasteiger partial charge in [-0.05, 0) is 44.5 Å². The summed E-state index contributed by atoms with van der Waals surface area (Å²) in [7, 11) is 2.13. The van der Waals surface area contributed by atoms with Crippen LogP contribution in [0, 0.1) is 6.92 Å². The van der Waals surface area contributed by atoms with E-state index in [1.54, 1.807) is 0 Å². The van der Waals surface area contributed by atoms with Gasteiger partial charge in [-0.1, -0.05) is 13.0 Å². The minimum atomic E-state index is 0.565. The van der Waals surface area contributed by atoms with Gasteiger partial charge in [0, 0.05) is 31.9 Å². The second kappa shape index (κ2) is 6.35. The number of pyridine rings is 1. The van der Waals surface area contributed by atoms with Gasteiger partial charge in [0.1, 0.15) is 5.82 Å². The van der Waals surface area contributed by atoms with Crippen LogP contribution in [0.25, 0.3) is 0 Å². The maximum Gasteiger partial charge on any atom is 0.128 e. The molecule has 0 aliphatic carbocycles. The van der Waals surface area contributed by atoms with Crippen molar-refractivity contribution in [1.82, 2.24) is 9.88 Å². The van der Waals surface area contributed by atoms with E-state index in [4.69, 9.17) is 5.73 Å². The van der Waals surface area contributed by atoms with Gasteiger partial charge in [-0.25, -0.2) is 4.98 Å². The zero-order valence-electron chi connectivity index (χ0n) is 12.4. The van der Waals surface area contributed by atoms with Crippen molar-refractivity contribution in [3.8, 4) is 0 Å². The summed E-state index contributed by atoms with van der Waals surface area (Å²) in [6.07, 6.45) is 2.63. The van der Waals surface area contributed by atoms with Gasteiger partial charge in [-0.3, -0.25) is 4.90 Å². The highest BCUT2D eigenvalue weighted by Crippen LogP contribution is 2.20. The highest BCUT2D eigenvalue weighted by molar-refractivity contribution is 5.41. The molecule has 4 heteroatoms. The van der Waals surface area contributed by atoms with Crippen molar-refractivity contribution in [2.45, 2.75) is 39.3 Å². The zero-order chi connectivity index (χ0) is 13.8. The number of aryl methyl sites for hydroxylation is 1. The summed E-state index contributed by atoms with van der Waals surface area (Å²) in [6, 6.07) is 4.85. The van der Waals surface area contributed by atoms with Crippen molar-refractivity contribution < 1.29 is 0 Å². The third kappa shape index (κ3) is 3.25. The van der Waals surface area contributed by atoms with Crippen molar-refractivity contribution in [1.29, 1.82) is 0 Å². The van der Waals surface area contributed by atoms with Crippen molar-refractivity contribution in [2.75, 3.05) is 31.6 Å². The number of aromatic nitrogens is 1. The van der Waals surface area contributed by atoms with Crippen LogP contribution in [0.3, 0.4) is 0 Å². The number of hydrogen-bond acceptors (Lipinski definition) is 4. The third-order valence-electron chi connectivity index (χ3n) is 4.18. The number of likely N-dealkylation sites (tertiary alicyclic amines) is 1. The van der Waals surface area contributed by atoms with E-state index in [9.17, 15) is 0 Å². The van der Waals surface area contributed by atoms with E-state index in [1.165, 1.54) is 19.4 Å². The minimum absolute atomic E-state index is 0.565. The summed E-state index contributed by atoms with van der Waals surface area (Å²) >= 11 is 0. The Morgan fingerprint density at radius 2 is 2.26 bits per heavy atom. The van der Waals surface area contributed by atoms with E-state index in [0.717, 1.165) is 30.2 Å². The smallest absolute Gasteiger partial charge is 0.128 e. The lowest BCUT2D eigenvalue weighted by Crippen LogP contribution is -2.39. The van der Waals surface area contributed by atoms with Crippen molar-refractivity contribution in [2.24, 2.45) is 5.73 Å². The Hall–Kier alpha value is -1.13. The minimum Gasteiger partial charge on any atom is -0.358 e. The van der Waals surface area contributed by atoms with Gasteiger partial charge in [-0.15, -0.1) is 0 Å². The standard InChI is InChI=1S/C15H26N4/c1-4-19-9-5-6-14(19)11-18(3)15-8-7-13(10-16)12(2)17-15/h7-8,14H,4-6,9-11,16H2,1-3H3. The van der Waals surface area contributed by atoms with Crippen LogP contribution in [0.15, 0.2) is 12.1 Å². The van der Waals surface area contributed by atoms with E-state index >= 15 is 0 Å². The molecule has 1 fully saturated rings. The molecule has 1 aliphatic heterocycles. The summed E-state index contributed by atoms with van der Waals surface area (Å²) in [5, 5.41) is 0. The first-order chi connectivity index (χ1) is 9.15. The van der Waals surface area contributed by atoms with Crippen molar-refractivity contribution in [3.63, 3.8) is 0 Å². The number of likely N-dealkylation sites (N-methyl/N-ethyl adjacent to an activating group) is 2. The summed E-state index contributed by atoms with van der Waals surface area (Å²) in [6.45, 7) is 8.30. The first kappa shape index (κ1) is 14.3. The van der Waals surface area contributed by atoms with Crippen LogP contribution in [-0.2, 0) is 6.54 Å². The number of hydrogen-bond donors (Lipinski definition) is 1. The van der Waals surface area contributed by atoms with Gasteiger partial charge in [0.15, 0.2) is 0 Å². The molecule has 0 aromatic carbocycles. The van der Waals surface area contributed by atoms with E-state index in [1.807, 2.05) is 6.92 Å². The molecule has 0 radical (unpaired) electrons. The van der Waals surface area contributed by atoms with Gasteiger partial charge in [-0.2, -0.15) is 0 Å². The predicted octanol–water partition coefficient (Wildman–Crippen LogP) is 1.77. The molecule has 0 bridgehead atoms. The van der Waals surface area contributed by atoms with Crippen LogP contribution in [0.1, 0.15) is 31.0 Å². The molecular formula is C15H26N4. The average Bonchev–Trinajstić information content (AvgIpc) is 2.85. The third-order valence-corrected chi connectivity index (χ3v) is 4.18. The van der Waals surface area contributed by atoms with Crippen LogP contribution in [0.4, 0.5) is 5.82 Å². The lowest BCUT2D eigenvalue weighted by molar-refractivity contribution is 0.270. The summed E-state index contributed by atoms with van der Waals surface area (Å²) < 4.78 is 0. The molecule has 2 rings (SSSR count). The molecule has 1 aromatic rings. The summed E-state index contributed by atoms with van der Waals surface area (Å²) in [5.41, 5.74) is 7.86. The highest BCUT2D eigenvalue weighted by atomic mass is 15.2. The monoisotopic (exact) mass is 262 g/mol. The quantitative estimate of drug-likeness (QED) is 0.878. The van der Waals surface area contributed by atoms with Gasteiger partial charge in [0.05, 0.1) is 0 Å². The normalized spacial score (nSPS) is 19.9. The Bertz CT molecular complexity index is 419. The second-order valence-corrected chi connectivity index (χ2v) is 5.42. The average molecular weight is 262 g/mol. The van der Waals surface area contributed by atoms with Gasteiger partial charge >= 0.3 is 0 Å².